The monoisotopic (exact) mass is 1060 g/mol. The van der Waals surface area contributed by atoms with Gasteiger partial charge >= 0.3 is 19.5 Å². The van der Waals surface area contributed by atoms with E-state index in [0.717, 1.165) is 12.3 Å². The molecule has 0 aliphatic carbocycles. The summed E-state index contributed by atoms with van der Waals surface area (Å²) in [5.74, 6) is -0.446. The lowest BCUT2D eigenvalue weighted by atomic mass is 9.77. The summed E-state index contributed by atoms with van der Waals surface area (Å²) in [6, 6.07) is 2.08. The molecule has 396 valence electrons. The van der Waals surface area contributed by atoms with Crippen LogP contribution in [0.15, 0.2) is 29.5 Å². The Balaban J connectivity index is 0.000000205. The van der Waals surface area contributed by atoms with Gasteiger partial charge < -0.3 is 49.8 Å². The van der Waals surface area contributed by atoms with Gasteiger partial charge in [-0.2, -0.15) is 56.2 Å². The van der Waals surface area contributed by atoms with Crippen LogP contribution in [0.5, 0.6) is 0 Å². The topological polar surface area (TPSA) is 212 Å². The van der Waals surface area contributed by atoms with Crippen molar-refractivity contribution in [2.24, 2.45) is 4.99 Å². The molecule has 31 heteroatoms. The summed E-state index contributed by atoms with van der Waals surface area (Å²) in [6.45, 7) is 11.2. The van der Waals surface area contributed by atoms with Crippen molar-refractivity contribution in [2.45, 2.75) is 90.0 Å². The number of rotatable bonds is 12. The van der Waals surface area contributed by atoms with Crippen LogP contribution in [0.2, 0.25) is 5.28 Å². The number of pyridine rings is 2. The van der Waals surface area contributed by atoms with Crippen molar-refractivity contribution in [3.05, 3.63) is 40.9 Å². The molecule has 3 saturated heterocycles. The van der Waals surface area contributed by atoms with Gasteiger partial charge in [0.25, 0.3) is 12.9 Å². The fraction of sp³-hybridized carbons (Fsp3) is 0.585. The van der Waals surface area contributed by atoms with Gasteiger partial charge in [-0.1, -0.05) is 0 Å². The second-order valence-corrected chi connectivity index (χ2v) is 17.8. The summed E-state index contributed by atoms with van der Waals surface area (Å²) in [7, 11) is 2.70. The Bertz CT molecular complexity index is 2450. The number of morpholine rings is 2. The second-order valence-electron chi connectivity index (χ2n) is 17.4. The highest BCUT2D eigenvalue weighted by molar-refractivity contribution is 6.62. The molecule has 4 aromatic rings. The van der Waals surface area contributed by atoms with E-state index >= 15 is 0 Å². The van der Waals surface area contributed by atoms with E-state index in [0.29, 0.717) is 39.5 Å². The van der Waals surface area contributed by atoms with Gasteiger partial charge in [-0.05, 0) is 65.3 Å². The zero-order valence-electron chi connectivity index (χ0n) is 40.2. The number of alkyl halides is 10. The van der Waals surface area contributed by atoms with Gasteiger partial charge in [0.2, 0.25) is 29.1 Å². The van der Waals surface area contributed by atoms with Crippen LogP contribution in [0, 0.1) is 0 Å². The molecule has 0 radical (unpaired) electrons. The fourth-order valence-corrected chi connectivity index (χ4v) is 6.73. The zero-order valence-corrected chi connectivity index (χ0v) is 40.9. The van der Waals surface area contributed by atoms with E-state index in [1.807, 2.05) is 46.4 Å². The van der Waals surface area contributed by atoms with E-state index in [2.05, 4.69) is 55.5 Å². The first-order chi connectivity index (χ1) is 33.5. The van der Waals surface area contributed by atoms with Crippen LogP contribution in [0.4, 0.5) is 79.3 Å². The van der Waals surface area contributed by atoms with Gasteiger partial charge in [0.05, 0.1) is 56.1 Å². The molecule has 4 aromatic heterocycles. The molecule has 0 amide bonds. The number of nitrogens with one attached hydrogen (secondary N) is 2. The summed E-state index contributed by atoms with van der Waals surface area (Å²) in [6.07, 6.45) is -10.5. The lowest BCUT2D eigenvalue weighted by Gasteiger charge is -2.33. The minimum atomic E-state index is -4.52. The number of ether oxygens (including phenoxy) is 2. The van der Waals surface area contributed by atoms with Crippen molar-refractivity contribution in [3.63, 3.8) is 0 Å². The van der Waals surface area contributed by atoms with E-state index in [9.17, 15) is 43.9 Å². The number of nitrogens with two attached hydrogens (primary N) is 1. The van der Waals surface area contributed by atoms with Crippen LogP contribution in [0.25, 0.3) is 11.4 Å². The Morgan fingerprint density at radius 1 is 0.778 bits per heavy atom. The maximum Gasteiger partial charge on any atom is 0.496 e. The standard InChI is InChI=1S/C16H18F5N7O.C15H22BF2N3O2.C10H13ClF3N5O/c1-8-6-29-3-2-28(8)15-26-13(25-14(27-15)24-7-16(19,20)21)10-5-23-11(22)4-9(10)12(17)18;1-14(2)15(3,4)23-16(22-14)11-8-19-12(20-9-21(5)6)7-10(11)13(17)18;1-6-4-20-3-2-19(6)9-17-7(11)16-8(18-9)15-5-10(12,13)14/h4-5,8,12H,2-3,6-7H2,1H3,(H2,22,23)(H,24,25,26,27);7-9,13H,1-6H3;6H,2-5H2,1H3,(H,15,16,17,18)/t8-;;6-/m1.1/s1. The molecule has 3 aliphatic heterocycles. The molecule has 2 atom stereocenters. The third kappa shape index (κ3) is 16.1. The van der Waals surface area contributed by atoms with Crippen molar-refractivity contribution in [1.29, 1.82) is 0 Å². The molecule has 3 aliphatic rings. The molecule has 0 aromatic carbocycles. The second kappa shape index (κ2) is 23.9. The predicted molar refractivity (Wildman–Crippen MR) is 248 cm³/mol. The third-order valence-electron chi connectivity index (χ3n) is 10.9. The lowest BCUT2D eigenvalue weighted by molar-refractivity contribution is -0.116. The normalized spacial score (nSPS) is 19.0. The van der Waals surface area contributed by atoms with Crippen molar-refractivity contribution in [3.8, 4) is 11.4 Å². The summed E-state index contributed by atoms with van der Waals surface area (Å²) >= 11 is 5.73. The average molecular weight is 1060 g/mol. The fourth-order valence-electron chi connectivity index (χ4n) is 6.57. The van der Waals surface area contributed by atoms with Gasteiger partial charge in [-0.3, -0.25) is 0 Å². The van der Waals surface area contributed by atoms with Crippen LogP contribution < -0.4 is 31.6 Å². The molecule has 72 heavy (non-hydrogen) atoms. The van der Waals surface area contributed by atoms with Crippen molar-refractivity contribution in [1.82, 2.24) is 44.8 Å². The largest absolute Gasteiger partial charge is 0.496 e. The predicted octanol–water partition coefficient (Wildman–Crippen LogP) is 6.92. The highest BCUT2D eigenvalue weighted by Gasteiger charge is 2.52. The molecule has 7 rings (SSSR count). The molecule has 0 unspecified atom stereocenters. The third-order valence-corrected chi connectivity index (χ3v) is 11.1. The molecular formula is C41H53BClF10N15O4. The number of anilines is 5. The quantitative estimate of drug-likeness (QED) is 0.0569. The van der Waals surface area contributed by atoms with Crippen LogP contribution in [0.3, 0.4) is 0 Å². The average Bonchev–Trinajstić information content (AvgIpc) is 3.51. The molecule has 19 nitrogen and oxygen atoms in total. The van der Waals surface area contributed by atoms with Crippen LogP contribution in [-0.4, -0.2) is 161 Å². The van der Waals surface area contributed by atoms with Crippen molar-refractivity contribution < 1.29 is 62.7 Å². The number of aromatic nitrogens is 8. The van der Waals surface area contributed by atoms with Crippen LogP contribution in [0.1, 0.15) is 65.5 Å². The minimum Gasteiger partial charge on any atom is -0.399 e. The van der Waals surface area contributed by atoms with Gasteiger partial charge in [0.15, 0.2) is 11.6 Å². The van der Waals surface area contributed by atoms with E-state index < -0.39 is 68.1 Å². The Morgan fingerprint density at radius 2 is 1.29 bits per heavy atom. The molecule has 0 spiro atoms. The molecule has 7 heterocycles. The number of aliphatic imine (C=N–C) groups is 1. The maximum absolute atomic E-state index is 13.5. The van der Waals surface area contributed by atoms with Crippen LogP contribution in [-0.2, 0) is 18.8 Å². The van der Waals surface area contributed by atoms with Gasteiger partial charge in [0.1, 0.15) is 18.9 Å². The van der Waals surface area contributed by atoms with Gasteiger partial charge in [0, 0.05) is 61.7 Å². The smallest absolute Gasteiger partial charge is 0.399 e. The summed E-state index contributed by atoms with van der Waals surface area (Å²) < 4.78 is 150. The first-order valence-corrected chi connectivity index (χ1v) is 22.3. The summed E-state index contributed by atoms with van der Waals surface area (Å²) in [5, 5.41) is 4.01. The summed E-state index contributed by atoms with van der Waals surface area (Å²) in [5.41, 5.74) is 3.72. The van der Waals surface area contributed by atoms with E-state index in [1.165, 1.54) is 18.6 Å². The Kier molecular flexibility index (Phi) is 19.0. The molecule has 0 saturated carbocycles. The van der Waals surface area contributed by atoms with Crippen molar-refractivity contribution >= 4 is 65.9 Å². The highest BCUT2D eigenvalue weighted by Crippen LogP contribution is 2.38. The van der Waals surface area contributed by atoms with Crippen molar-refractivity contribution in [2.75, 3.05) is 92.9 Å². The SMILES string of the molecule is CN(C)C=Nc1cc(C(F)F)c(B2OC(C)(C)C(C)(C)O2)cn1.C[C@@H]1COCCN1c1nc(Cl)nc(NCC(F)(F)F)n1.C[C@@H]1COCCN1c1nc(NCC(F)(F)F)nc(-c2cnc(N)cc2C(F)F)n1. The van der Waals surface area contributed by atoms with E-state index in [-0.39, 0.29) is 69.3 Å². The van der Waals surface area contributed by atoms with Crippen LogP contribution >= 0.6 is 11.6 Å². The molecular weight excluding hydrogens is 1000 g/mol. The van der Waals surface area contributed by atoms with E-state index in [4.69, 9.17) is 36.1 Å². The molecule has 4 N–H and O–H groups in total. The number of hydrogen-bond acceptors (Lipinski definition) is 18. The van der Waals surface area contributed by atoms with E-state index in [1.54, 1.807) is 23.9 Å². The number of halogens is 11. The first-order valence-electron chi connectivity index (χ1n) is 21.9. The number of nitrogens with zero attached hydrogens (tertiary/aromatic N) is 12. The minimum absolute atomic E-state index is 0.0117. The number of nitrogen functional groups attached to an aromatic ring is 1. The van der Waals surface area contributed by atoms with Gasteiger partial charge in [-0.25, -0.2) is 32.5 Å². The molecule has 3 fully saturated rings. The molecule has 0 bridgehead atoms. The Morgan fingerprint density at radius 3 is 1.78 bits per heavy atom. The maximum atomic E-state index is 13.5. The highest BCUT2D eigenvalue weighted by atomic mass is 35.5. The summed E-state index contributed by atoms with van der Waals surface area (Å²) in [4.78, 5) is 40.8. The lowest BCUT2D eigenvalue weighted by Crippen LogP contribution is -2.44. The first kappa shape index (κ1) is 57.2. The van der Waals surface area contributed by atoms with Gasteiger partial charge in [-0.15, -0.1) is 0 Å². The Hall–Kier alpha value is -5.72. The Labute approximate surface area is 412 Å². The zero-order chi connectivity index (χ0) is 53.3. The number of hydrogen-bond donors (Lipinski definition) is 3.